The van der Waals surface area contributed by atoms with Gasteiger partial charge in [0.15, 0.2) is 0 Å². The summed E-state index contributed by atoms with van der Waals surface area (Å²) in [5.41, 5.74) is 0. The van der Waals surface area contributed by atoms with E-state index < -0.39 is 16.0 Å². The molecule has 0 aromatic carbocycles. The molecule has 1 N–H and O–H groups in total. The Hall–Kier alpha value is -0.160. The van der Waals surface area contributed by atoms with Gasteiger partial charge in [-0.3, -0.25) is 0 Å². The van der Waals surface area contributed by atoms with Crippen molar-refractivity contribution in [2.75, 3.05) is 18.8 Å². The van der Waals surface area contributed by atoms with Crippen LogP contribution in [0, 0.1) is 0 Å². The fraction of sp³-hybridized carbons (Fsp3) is 1.00. The minimum Gasteiger partial charge on any atom is -0.316 e. The van der Waals surface area contributed by atoms with E-state index in [1.165, 1.54) is 0 Å². The normalized spacial score (nSPS) is 11.8. The third-order valence-corrected chi connectivity index (χ3v) is 1.92. The summed E-state index contributed by atoms with van der Waals surface area (Å²) in [7, 11) is -4.27. The van der Waals surface area contributed by atoms with Gasteiger partial charge in [-0.25, -0.2) is 0 Å². The van der Waals surface area contributed by atoms with Crippen LogP contribution < -0.4 is 5.32 Å². The van der Waals surface area contributed by atoms with Crippen molar-refractivity contribution in [3.63, 3.8) is 0 Å². The average molecular weight is 183 g/mol. The van der Waals surface area contributed by atoms with Crippen molar-refractivity contribution >= 4 is 10.2 Å². The molecule has 11 heavy (non-hydrogen) atoms. The Balaban J connectivity index is 3.16. The van der Waals surface area contributed by atoms with Crippen molar-refractivity contribution in [1.82, 2.24) is 5.32 Å². The molecule has 0 aromatic rings. The molecule has 0 atom stereocenters. The highest BCUT2D eigenvalue weighted by molar-refractivity contribution is 7.86. The number of halogens is 1. The average Bonchev–Trinajstić information content (AvgIpc) is 1.85. The summed E-state index contributed by atoms with van der Waals surface area (Å²) in [4.78, 5) is 0. The van der Waals surface area contributed by atoms with Gasteiger partial charge in [-0.1, -0.05) is 13.3 Å². The number of nitrogens with one attached hydrogen (secondary N) is 1. The summed E-state index contributed by atoms with van der Waals surface area (Å²) in [5, 5.41) is 2.82. The largest absolute Gasteiger partial charge is 0.316 e. The maximum Gasteiger partial charge on any atom is 0.303 e. The molecular weight excluding hydrogens is 169 g/mol. The first kappa shape index (κ1) is 10.8. The second-order valence-corrected chi connectivity index (χ2v) is 3.83. The van der Waals surface area contributed by atoms with Gasteiger partial charge in [-0.05, 0) is 13.0 Å². The molecule has 0 aliphatic carbocycles. The molecule has 5 heteroatoms. The summed E-state index contributed by atoms with van der Waals surface area (Å²) < 4.78 is 31.7. The Kier molecular flexibility index (Phi) is 5.41. The maximum atomic E-state index is 11.8. The third kappa shape index (κ3) is 9.84. The van der Waals surface area contributed by atoms with Crippen LogP contribution in [-0.2, 0) is 10.2 Å². The van der Waals surface area contributed by atoms with E-state index in [4.69, 9.17) is 0 Å². The molecular formula is C6H14FNO2S. The van der Waals surface area contributed by atoms with E-state index in [9.17, 15) is 12.3 Å². The predicted octanol–water partition coefficient (Wildman–Crippen LogP) is 0.675. The monoisotopic (exact) mass is 183 g/mol. The molecule has 0 bridgehead atoms. The van der Waals surface area contributed by atoms with Crippen molar-refractivity contribution in [1.29, 1.82) is 0 Å². The highest BCUT2D eigenvalue weighted by atomic mass is 32.3. The van der Waals surface area contributed by atoms with Crippen LogP contribution in [0.2, 0.25) is 0 Å². The SMILES string of the molecule is CCCCNCCS(=O)(=O)F. The van der Waals surface area contributed by atoms with Crippen molar-refractivity contribution in [2.45, 2.75) is 19.8 Å². The zero-order valence-corrected chi connectivity index (χ0v) is 7.45. The van der Waals surface area contributed by atoms with Crippen molar-refractivity contribution in [2.24, 2.45) is 0 Å². The van der Waals surface area contributed by atoms with E-state index in [2.05, 4.69) is 5.32 Å². The Morgan fingerprint density at radius 3 is 2.45 bits per heavy atom. The lowest BCUT2D eigenvalue weighted by atomic mass is 10.3. The Bertz CT molecular complexity index is 179. The van der Waals surface area contributed by atoms with Crippen LogP contribution in [-0.4, -0.2) is 27.3 Å². The first-order chi connectivity index (χ1) is 5.06. The minimum atomic E-state index is -4.27. The van der Waals surface area contributed by atoms with Gasteiger partial charge in [0.1, 0.15) is 0 Å². The highest BCUT2D eigenvalue weighted by Gasteiger charge is 2.04. The van der Waals surface area contributed by atoms with Gasteiger partial charge in [-0.2, -0.15) is 8.42 Å². The van der Waals surface area contributed by atoms with Gasteiger partial charge in [0, 0.05) is 6.54 Å². The van der Waals surface area contributed by atoms with Crippen molar-refractivity contribution < 1.29 is 12.3 Å². The molecule has 0 saturated heterocycles. The molecule has 0 aliphatic rings. The Morgan fingerprint density at radius 2 is 2.00 bits per heavy atom. The molecule has 3 nitrogen and oxygen atoms in total. The molecule has 0 amide bonds. The number of unbranched alkanes of at least 4 members (excludes halogenated alkanes) is 1. The Morgan fingerprint density at radius 1 is 1.36 bits per heavy atom. The van der Waals surface area contributed by atoms with Gasteiger partial charge in [-0.15, -0.1) is 3.89 Å². The van der Waals surface area contributed by atoms with Gasteiger partial charge >= 0.3 is 10.2 Å². The summed E-state index contributed by atoms with van der Waals surface area (Å²) in [6.07, 6.45) is 2.04. The summed E-state index contributed by atoms with van der Waals surface area (Å²) >= 11 is 0. The van der Waals surface area contributed by atoms with Crippen LogP contribution in [0.15, 0.2) is 0 Å². The predicted molar refractivity (Wildman–Crippen MR) is 42.7 cm³/mol. The summed E-state index contributed by atoms with van der Waals surface area (Å²) in [5.74, 6) is -0.420. The van der Waals surface area contributed by atoms with Gasteiger partial charge < -0.3 is 5.32 Å². The van der Waals surface area contributed by atoms with Crippen molar-refractivity contribution in [3.05, 3.63) is 0 Å². The molecule has 0 unspecified atom stereocenters. The molecule has 0 fully saturated rings. The standard InChI is InChI=1S/C6H14FNO2S/c1-2-3-4-8-5-6-11(7,9)10/h8H,2-6H2,1H3. The number of hydrogen-bond donors (Lipinski definition) is 1. The van der Waals surface area contributed by atoms with Gasteiger partial charge in [0.05, 0.1) is 5.75 Å². The first-order valence-corrected chi connectivity index (χ1v) is 5.24. The van der Waals surface area contributed by atoms with Crippen LogP contribution in [0.5, 0.6) is 0 Å². The molecule has 68 valence electrons. The van der Waals surface area contributed by atoms with E-state index in [0.29, 0.717) is 0 Å². The second kappa shape index (κ2) is 5.49. The zero-order chi connectivity index (χ0) is 8.74. The highest BCUT2D eigenvalue weighted by Crippen LogP contribution is 1.88. The lowest BCUT2D eigenvalue weighted by molar-refractivity contribution is 0.546. The van der Waals surface area contributed by atoms with Crippen molar-refractivity contribution in [3.8, 4) is 0 Å². The van der Waals surface area contributed by atoms with E-state index in [-0.39, 0.29) is 6.54 Å². The maximum absolute atomic E-state index is 11.8. The lowest BCUT2D eigenvalue weighted by Crippen LogP contribution is -2.22. The number of hydrogen-bond acceptors (Lipinski definition) is 3. The minimum absolute atomic E-state index is 0.207. The third-order valence-electron chi connectivity index (χ3n) is 1.23. The van der Waals surface area contributed by atoms with Crippen LogP contribution in [0.25, 0.3) is 0 Å². The van der Waals surface area contributed by atoms with E-state index in [1.54, 1.807) is 0 Å². The summed E-state index contributed by atoms with van der Waals surface area (Å²) in [6, 6.07) is 0. The molecule has 0 aromatic heterocycles. The van der Waals surface area contributed by atoms with Crippen LogP contribution in [0.1, 0.15) is 19.8 Å². The molecule has 0 rings (SSSR count). The first-order valence-electron chi connectivity index (χ1n) is 3.69. The second-order valence-electron chi connectivity index (χ2n) is 2.35. The molecule has 0 radical (unpaired) electrons. The van der Waals surface area contributed by atoms with E-state index >= 15 is 0 Å². The molecule has 0 aliphatic heterocycles. The summed E-state index contributed by atoms with van der Waals surface area (Å²) in [6.45, 7) is 3.00. The lowest BCUT2D eigenvalue weighted by Gasteiger charge is -1.99. The quantitative estimate of drug-likeness (QED) is 0.486. The zero-order valence-electron chi connectivity index (χ0n) is 6.64. The van der Waals surface area contributed by atoms with Gasteiger partial charge in [0.25, 0.3) is 0 Å². The molecule has 0 heterocycles. The molecule has 0 saturated carbocycles. The smallest absolute Gasteiger partial charge is 0.303 e. The fourth-order valence-corrected chi connectivity index (χ4v) is 1.01. The topological polar surface area (TPSA) is 46.2 Å². The Labute approximate surface area is 67.2 Å². The molecule has 0 spiro atoms. The fourth-order valence-electron chi connectivity index (χ4n) is 0.621. The number of rotatable bonds is 6. The van der Waals surface area contributed by atoms with Gasteiger partial charge in [0.2, 0.25) is 0 Å². The van der Waals surface area contributed by atoms with Crippen LogP contribution in [0.4, 0.5) is 3.89 Å². The van der Waals surface area contributed by atoms with Crippen LogP contribution >= 0.6 is 0 Å². The van der Waals surface area contributed by atoms with Crippen LogP contribution in [0.3, 0.4) is 0 Å². The van der Waals surface area contributed by atoms with E-state index in [1.807, 2.05) is 6.92 Å². The van der Waals surface area contributed by atoms with E-state index in [0.717, 1.165) is 19.4 Å².